The lowest BCUT2D eigenvalue weighted by atomic mass is 10.1. The van der Waals surface area contributed by atoms with E-state index in [-0.39, 0.29) is 11.4 Å². The molecule has 3 N–H and O–H groups in total. The summed E-state index contributed by atoms with van der Waals surface area (Å²) in [5.74, 6) is -0.362. The number of carbonyl (C=O) groups excluding carboxylic acids is 2. The summed E-state index contributed by atoms with van der Waals surface area (Å²) in [6, 6.07) is 6.90. The molecular weight excluding hydrogens is 266 g/mol. The van der Waals surface area contributed by atoms with E-state index in [1.54, 1.807) is 6.92 Å². The van der Waals surface area contributed by atoms with Crippen LogP contribution in [0.1, 0.15) is 40.2 Å². The smallest absolute Gasteiger partial charge is 0.321 e. The van der Waals surface area contributed by atoms with Crippen molar-refractivity contribution in [1.82, 2.24) is 10.6 Å². The first-order valence-corrected chi connectivity index (χ1v) is 7.19. The Balaban J connectivity index is 2.56. The zero-order chi connectivity index (χ0) is 16.0. The van der Waals surface area contributed by atoms with Crippen LogP contribution in [0, 0.1) is 0 Å². The fourth-order valence-electron chi connectivity index (χ4n) is 1.79. The van der Waals surface area contributed by atoms with Gasteiger partial charge in [-0.2, -0.15) is 0 Å². The van der Waals surface area contributed by atoms with Gasteiger partial charge in [-0.25, -0.2) is 4.79 Å². The third-order valence-electron chi connectivity index (χ3n) is 2.84. The second-order valence-corrected chi connectivity index (χ2v) is 6.11. The van der Waals surface area contributed by atoms with Crippen molar-refractivity contribution >= 4 is 17.6 Å². The van der Waals surface area contributed by atoms with E-state index in [2.05, 4.69) is 22.9 Å². The van der Waals surface area contributed by atoms with Crippen LogP contribution >= 0.6 is 0 Å². The lowest BCUT2D eigenvalue weighted by Gasteiger charge is -2.21. The molecule has 1 aromatic rings. The van der Waals surface area contributed by atoms with Gasteiger partial charge < -0.3 is 10.6 Å². The molecule has 0 bridgehead atoms. The molecule has 5 nitrogen and oxygen atoms in total. The maximum absolute atomic E-state index is 12.0. The van der Waals surface area contributed by atoms with Crippen molar-refractivity contribution in [2.75, 3.05) is 5.32 Å². The number of hydrogen-bond acceptors (Lipinski definition) is 3. The van der Waals surface area contributed by atoms with E-state index in [4.69, 9.17) is 0 Å². The molecule has 21 heavy (non-hydrogen) atoms. The summed E-state index contributed by atoms with van der Waals surface area (Å²) in [6.07, 6.45) is 0.935. The van der Waals surface area contributed by atoms with Gasteiger partial charge in [-0.3, -0.25) is 10.1 Å². The van der Waals surface area contributed by atoms with Gasteiger partial charge in [0.05, 0.1) is 0 Å². The number of carbonyl (C=O) groups is 2. The van der Waals surface area contributed by atoms with Crippen molar-refractivity contribution in [3.05, 3.63) is 29.8 Å². The quantitative estimate of drug-likeness (QED) is 0.798. The van der Waals surface area contributed by atoms with Gasteiger partial charge in [-0.15, -0.1) is 0 Å². The molecular formula is C16H25N3O2. The van der Waals surface area contributed by atoms with E-state index in [1.165, 1.54) is 5.56 Å². The van der Waals surface area contributed by atoms with E-state index >= 15 is 0 Å². The number of rotatable bonds is 4. The van der Waals surface area contributed by atoms with Crippen LogP contribution in [-0.4, -0.2) is 23.5 Å². The molecule has 5 heteroatoms. The predicted molar refractivity (Wildman–Crippen MR) is 85.3 cm³/mol. The van der Waals surface area contributed by atoms with E-state index in [1.807, 2.05) is 45.0 Å². The van der Waals surface area contributed by atoms with Gasteiger partial charge in [-0.1, -0.05) is 19.1 Å². The normalized spacial score (nSPS) is 12.4. The molecule has 3 amide bonds. The third-order valence-corrected chi connectivity index (χ3v) is 2.84. The van der Waals surface area contributed by atoms with Gasteiger partial charge in [0.25, 0.3) is 0 Å². The predicted octanol–water partition coefficient (Wildman–Crippen LogP) is 2.67. The number of imide groups is 1. The molecule has 1 rings (SSSR count). The average molecular weight is 291 g/mol. The Labute approximate surface area is 126 Å². The van der Waals surface area contributed by atoms with Crippen molar-refractivity contribution in [2.45, 2.75) is 52.6 Å². The van der Waals surface area contributed by atoms with Gasteiger partial charge in [0.1, 0.15) is 6.04 Å². The van der Waals surface area contributed by atoms with E-state index < -0.39 is 12.1 Å². The Morgan fingerprint density at radius 1 is 1.24 bits per heavy atom. The molecule has 0 saturated carbocycles. The molecule has 0 saturated heterocycles. The van der Waals surface area contributed by atoms with Crippen LogP contribution in [0.3, 0.4) is 0 Å². The first kappa shape index (κ1) is 17.0. The van der Waals surface area contributed by atoms with Crippen LogP contribution in [0.2, 0.25) is 0 Å². The molecule has 0 heterocycles. The average Bonchev–Trinajstić information content (AvgIpc) is 2.36. The van der Waals surface area contributed by atoms with Crippen molar-refractivity contribution in [3.8, 4) is 0 Å². The molecule has 0 aromatic heterocycles. The van der Waals surface area contributed by atoms with Crippen molar-refractivity contribution in [3.63, 3.8) is 0 Å². The lowest BCUT2D eigenvalue weighted by molar-refractivity contribution is -0.120. The number of amides is 3. The number of urea groups is 1. The molecule has 0 aliphatic heterocycles. The van der Waals surface area contributed by atoms with Gasteiger partial charge >= 0.3 is 6.03 Å². The number of hydrogen-bond donors (Lipinski definition) is 3. The van der Waals surface area contributed by atoms with Crippen molar-refractivity contribution in [1.29, 1.82) is 0 Å². The number of benzene rings is 1. The van der Waals surface area contributed by atoms with Gasteiger partial charge in [0.2, 0.25) is 5.91 Å². The topological polar surface area (TPSA) is 70.2 Å². The number of aryl methyl sites for hydroxylation is 1. The highest BCUT2D eigenvalue weighted by atomic mass is 16.2. The fraction of sp³-hybridized carbons (Fsp3) is 0.500. The standard InChI is InChI=1S/C16H25N3O2/c1-6-12-8-7-9-13(10-12)17-11(2)14(20)18-15(21)19-16(3,4)5/h7-11,17H,6H2,1-5H3,(H2,18,19,20,21). The first-order chi connectivity index (χ1) is 9.71. The maximum atomic E-state index is 12.0. The lowest BCUT2D eigenvalue weighted by Crippen LogP contribution is -2.51. The summed E-state index contributed by atoms with van der Waals surface area (Å²) in [5, 5.41) is 8.11. The molecule has 0 radical (unpaired) electrons. The van der Waals surface area contributed by atoms with Crippen LogP contribution in [0.5, 0.6) is 0 Å². The minimum absolute atomic E-state index is 0.362. The highest BCUT2D eigenvalue weighted by molar-refractivity contribution is 5.98. The highest BCUT2D eigenvalue weighted by Gasteiger charge is 2.19. The summed E-state index contributed by atoms with van der Waals surface area (Å²) < 4.78 is 0. The minimum Gasteiger partial charge on any atom is -0.374 e. The summed E-state index contributed by atoms with van der Waals surface area (Å²) in [5.41, 5.74) is 1.68. The van der Waals surface area contributed by atoms with Crippen LogP contribution < -0.4 is 16.0 Å². The van der Waals surface area contributed by atoms with Gasteiger partial charge in [-0.05, 0) is 51.8 Å². The van der Waals surface area contributed by atoms with Crippen molar-refractivity contribution in [2.24, 2.45) is 0 Å². The first-order valence-electron chi connectivity index (χ1n) is 7.19. The van der Waals surface area contributed by atoms with Crippen LogP contribution in [0.4, 0.5) is 10.5 Å². The van der Waals surface area contributed by atoms with E-state index in [0.717, 1.165) is 12.1 Å². The fourth-order valence-corrected chi connectivity index (χ4v) is 1.79. The van der Waals surface area contributed by atoms with Crippen molar-refractivity contribution < 1.29 is 9.59 Å². The summed E-state index contributed by atoms with van der Waals surface area (Å²) in [6.45, 7) is 9.36. The highest BCUT2D eigenvalue weighted by Crippen LogP contribution is 2.12. The molecule has 116 valence electrons. The molecule has 1 aromatic carbocycles. The summed E-state index contributed by atoms with van der Waals surface area (Å²) >= 11 is 0. The Kier molecular flexibility index (Phi) is 5.76. The van der Waals surface area contributed by atoms with E-state index in [9.17, 15) is 9.59 Å². The molecule has 0 aliphatic carbocycles. The second kappa shape index (κ2) is 7.11. The minimum atomic E-state index is -0.497. The summed E-state index contributed by atoms with van der Waals surface area (Å²) in [4.78, 5) is 23.6. The molecule has 0 aliphatic rings. The zero-order valence-electron chi connectivity index (χ0n) is 13.4. The number of nitrogens with one attached hydrogen (secondary N) is 3. The van der Waals surface area contributed by atoms with Gasteiger partial charge in [0.15, 0.2) is 0 Å². The molecule has 1 unspecified atom stereocenters. The molecule has 1 atom stereocenters. The molecule has 0 fully saturated rings. The zero-order valence-corrected chi connectivity index (χ0v) is 13.4. The largest absolute Gasteiger partial charge is 0.374 e. The number of anilines is 1. The van der Waals surface area contributed by atoms with Crippen LogP contribution in [-0.2, 0) is 11.2 Å². The van der Waals surface area contributed by atoms with Gasteiger partial charge in [0, 0.05) is 11.2 Å². The molecule has 0 spiro atoms. The monoisotopic (exact) mass is 291 g/mol. The second-order valence-electron chi connectivity index (χ2n) is 6.11. The summed E-state index contributed by atoms with van der Waals surface area (Å²) in [7, 11) is 0. The Morgan fingerprint density at radius 2 is 1.90 bits per heavy atom. The maximum Gasteiger partial charge on any atom is 0.321 e. The Morgan fingerprint density at radius 3 is 2.48 bits per heavy atom. The van der Waals surface area contributed by atoms with Crippen LogP contribution in [0.25, 0.3) is 0 Å². The third kappa shape index (κ3) is 6.29. The Bertz CT molecular complexity index is 506. The van der Waals surface area contributed by atoms with E-state index in [0.29, 0.717) is 0 Å². The SMILES string of the molecule is CCc1cccc(NC(C)C(=O)NC(=O)NC(C)(C)C)c1. The Hall–Kier alpha value is -2.04. The van der Waals surface area contributed by atoms with Crippen LogP contribution in [0.15, 0.2) is 24.3 Å².